The van der Waals surface area contributed by atoms with Gasteiger partial charge in [-0.1, -0.05) is 26.2 Å². The van der Waals surface area contributed by atoms with Gasteiger partial charge in [0.1, 0.15) is 0 Å². The first-order chi connectivity index (χ1) is 14.3. The number of aromatic nitrogens is 4. The van der Waals surface area contributed by atoms with E-state index in [4.69, 9.17) is 10.2 Å². The van der Waals surface area contributed by atoms with Crippen LogP contribution in [0.15, 0.2) is 37.2 Å². The molecule has 2 heterocycles. The Hall–Kier alpha value is -3.21. The van der Waals surface area contributed by atoms with Crippen LogP contribution in [0, 0.1) is 0 Å². The maximum atomic E-state index is 10.0. The Kier molecular flexibility index (Phi) is 18.2. The Balaban J connectivity index is 0. The summed E-state index contributed by atoms with van der Waals surface area (Å²) in [6.45, 7) is 2.03. The van der Waals surface area contributed by atoms with Crippen molar-refractivity contribution in [2.75, 3.05) is 0 Å². The van der Waals surface area contributed by atoms with Crippen LogP contribution in [0.5, 0.6) is 0 Å². The Bertz CT molecular complexity index is 736. The fraction of sp³-hybridized carbons (Fsp3) is 0.316. The van der Waals surface area contributed by atoms with E-state index in [1.54, 1.807) is 12.4 Å². The van der Waals surface area contributed by atoms with E-state index in [0.717, 1.165) is 31.4 Å². The molecule has 1 atom stereocenters. The molecule has 2 aromatic rings. The van der Waals surface area contributed by atoms with Gasteiger partial charge >= 0.3 is 23.0 Å². The number of nitrogens with one attached hydrogen (secondary N) is 2. The molecule has 4 N–H and O–H groups in total. The Morgan fingerprint density at radius 2 is 1.45 bits per heavy atom. The third-order valence-electron chi connectivity index (χ3n) is 3.19. The summed E-state index contributed by atoms with van der Waals surface area (Å²) in [4.78, 5) is 42.6. The third kappa shape index (κ3) is 18.6. The summed E-state index contributed by atoms with van der Waals surface area (Å²) < 4.78 is 0. The summed E-state index contributed by atoms with van der Waals surface area (Å²) in [6, 6.07) is 0. The number of aliphatic hydroxyl groups excluding tert-OH is 1. The zero-order valence-corrected chi connectivity index (χ0v) is 18.5. The van der Waals surface area contributed by atoms with Crippen LogP contribution in [0.2, 0.25) is 0 Å². The molecule has 0 amide bonds. The van der Waals surface area contributed by atoms with Gasteiger partial charge < -0.3 is 40.0 Å². The molecule has 0 spiro atoms. The molecule has 0 saturated carbocycles. The Morgan fingerprint density at radius 3 is 1.74 bits per heavy atom. The Morgan fingerprint density at radius 1 is 1.00 bits per heavy atom. The number of carboxylic acid groups (broad SMARTS) is 3. The standard InChI is InChI=1S/C7H14O3.2C6H6N2O2.Se/c1-2-3-4-5-6(8)7(9)10;2*9-6(10)2-1-5-3-7-4-8-5;/h6,8H,2-5H2,1H3,(H,9,10);2*1-4H,(H,7,8)(H,9,10);/q;;;+2/p-2. The maximum absolute atomic E-state index is 10.0. The molecule has 0 aliphatic carbocycles. The summed E-state index contributed by atoms with van der Waals surface area (Å²) in [5, 5.41) is 36.7. The van der Waals surface area contributed by atoms with Crippen LogP contribution >= 0.6 is 0 Å². The number of imidazole rings is 2. The van der Waals surface area contributed by atoms with Crippen LogP contribution in [-0.4, -0.2) is 71.2 Å². The molecule has 2 aromatic heterocycles. The quantitative estimate of drug-likeness (QED) is 0.190. The van der Waals surface area contributed by atoms with Crippen molar-refractivity contribution in [3.8, 4) is 0 Å². The molecule has 11 nitrogen and oxygen atoms in total. The molecule has 1 unspecified atom stereocenters. The van der Waals surface area contributed by atoms with Crippen molar-refractivity contribution in [2.24, 2.45) is 0 Å². The number of carboxylic acids is 3. The molecule has 168 valence electrons. The van der Waals surface area contributed by atoms with E-state index in [1.165, 1.54) is 24.8 Å². The van der Waals surface area contributed by atoms with Crippen molar-refractivity contribution in [1.29, 1.82) is 0 Å². The van der Waals surface area contributed by atoms with Gasteiger partial charge in [-0.05, 0) is 30.7 Å². The van der Waals surface area contributed by atoms with Gasteiger partial charge in [0, 0.05) is 12.4 Å². The second-order valence-corrected chi connectivity index (χ2v) is 5.64. The molecule has 4 radical (unpaired) electrons. The van der Waals surface area contributed by atoms with Crippen molar-refractivity contribution in [3.05, 3.63) is 48.6 Å². The van der Waals surface area contributed by atoms with Crippen LogP contribution in [0.25, 0.3) is 12.2 Å². The number of carbonyl (C=O) groups is 3. The van der Waals surface area contributed by atoms with Gasteiger partial charge in [-0.15, -0.1) is 0 Å². The average molecular weight is 499 g/mol. The van der Waals surface area contributed by atoms with Crippen LogP contribution in [0.3, 0.4) is 0 Å². The molecule has 0 aliphatic heterocycles. The van der Waals surface area contributed by atoms with Crippen LogP contribution in [0.1, 0.15) is 44.0 Å². The summed E-state index contributed by atoms with van der Waals surface area (Å²) in [6.07, 6.45) is 12.7. The predicted octanol–water partition coefficient (Wildman–Crippen LogP) is -1.02. The minimum Gasteiger partial charge on any atom is -0.545 e. The predicted molar refractivity (Wildman–Crippen MR) is 109 cm³/mol. The smallest absolute Gasteiger partial charge is 0.545 e. The third-order valence-corrected chi connectivity index (χ3v) is 3.19. The zero-order valence-electron chi connectivity index (χ0n) is 16.8. The molecule has 0 fully saturated rings. The van der Waals surface area contributed by atoms with Gasteiger partial charge in [0.25, 0.3) is 0 Å². The largest absolute Gasteiger partial charge is 2.00 e. The molecule has 12 heteroatoms. The number of hydrogen-bond acceptors (Lipinski definition) is 8. The van der Waals surface area contributed by atoms with E-state index >= 15 is 0 Å². The fourth-order valence-corrected chi connectivity index (χ4v) is 1.74. The van der Waals surface area contributed by atoms with Gasteiger partial charge in [-0.3, -0.25) is 0 Å². The van der Waals surface area contributed by atoms with Gasteiger partial charge in [0.15, 0.2) is 6.10 Å². The Labute approximate surface area is 189 Å². The maximum Gasteiger partial charge on any atom is 2.00 e. The second-order valence-electron chi connectivity index (χ2n) is 5.64. The van der Waals surface area contributed by atoms with Crippen molar-refractivity contribution in [3.63, 3.8) is 0 Å². The number of hydrogen-bond donors (Lipinski definition) is 4. The first-order valence-electron chi connectivity index (χ1n) is 8.92. The van der Waals surface area contributed by atoms with Crippen molar-refractivity contribution < 1.29 is 34.8 Å². The second kappa shape index (κ2) is 18.8. The van der Waals surface area contributed by atoms with Gasteiger partial charge in [-0.25, -0.2) is 14.8 Å². The normalized spacial score (nSPS) is 10.9. The van der Waals surface area contributed by atoms with E-state index in [-0.39, 0.29) is 17.1 Å². The summed E-state index contributed by atoms with van der Waals surface area (Å²) >= 11 is 0. The number of aromatic amines is 2. The number of rotatable bonds is 9. The minimum atomic E-state index is -1.22. The number of unbranched alkanes of at least 4 members (excludes halogenated alkanes) is 2. The molecule has 0 aliphatic rings. The zero-order chi connectivity index (χ0) is 22.8. The van der Waals surface area contributed by atoms with E-state index < -0.39 is 24.0 Å². The molecule has 0 aromatic carbocycles. The van der Waals surface area contributed by atoms with Crippen molar-refractivity contribution >= 4 is 47.1 Å². The number of aliphatic carboxylic acids is 3. The van der Waals surface area contributed by atoms with E-state index in [0.29, 0.717) is 17.8 Å². The number of carbonyl (C=O) groups excluding carboxylic acids is 2. The van der Waals surface area contributed by atoms with E-state index in [2.05, 4.69) is 19.9 Å². The number of H-pyrrole nitrogens is 2. The molecule has 0 saturated heterocycles. The topological polar surface area (TPSA) is 195 Å². The van der Waals surface area contributed by atoms with Crippen LogP contribution in [-0.2, 0) is 14.4 Å². The SMILES string of the molecule is CCCCCC(O)C(=O)O.O=C([O-])C=Cc1c[nH]cn1.O=C([O-])C=Cc1c[nH]cn1.[Se+2]. The molecule has 2 rings (SSSR count). The molecule has 31 heavy (non-hydrogen) atoms. The fourth-order valence-electron chi connectivity index (χ4n) is 1.74. The summed E-state index contributed by atoms with van der Waals surface area (Å²) in [5.74, 6) is -3.55. The number of nitrogens with zero attached hydrogens (tertiary/aromatic N) is 2. The van der Waals surface area contributed by atoms with E-state index in [1.807, 2.05) is 6.92 Å². The summed E-state index contributed by atoms with van der Waals surface area (Å²) in [5.41, 5.74) is 1.15. The molecular formula is C19H24N4O7Se. The number of aliphatic hydroxyl groups is 1. The monoisotopic (exact) mass is 500 g/mol. The van der Waals surface area contributed by atoms with E-state index in [9.17, 15) is 24.6 Å². The molecule has 0 bridgehead atoms. The first kappa shape index (κ1) is 30.0. The molecular weight excluding hydrogens is 475 g/mol. The van der Waals surface area contributed by atoms with Gasteiger partial charge in [-0.2, -0.15) is 0 Å². The minimum absolute atomic E-state index is 0. The van der Waals surface area contributed by atoms with Crippen LogP contribution in [0.4, 0.5) is 0 Å². The van der Waals surface area contributed by atoms with Crippen molar-refractivity contribution in [2.45, 2.75) is 38.7 Å². The summed E-state index contributed by atoms with van der Waals surface area (Å²) in [7, 11) is 0. The van der Waals surface area contributed by atoms with Gasteiger partial charge in [0.2, 0.25) is 0 Å². The van der Waals surface area contributed by atoms with Gasteiger partial charge in [0.05, 0.1) is 36.0 Å². The average Bonchev–Trinajstić information content (AvgIpc) is 3.39. The van der Waals surface area contributed by atoms with Crippen LogP contribution < -0.4 is 10.2 Å². The first-order valence-corrected chi connectivity index (χ1v) is 8.92. The van der Waals surface area contributed by atoms with Crippen molar-refractivity contribution in [1.82, 2.24) is 19.9 Å².